The Labute approximate surface area is 84.3 Å². The lowest BCUT2D eigenvalue weighted by atomic mass is 10.1. The molecular formula is C10H19FO3. The monoisotopic (exact) mass is 206 g/mol. The highest BCUT2D eigenvalue weighted by molar-refractivity contribution is 5.71. The topological polar surface area (TPSA) is 57.5 Å². The molecule has 0 saturated heterocycles. The molecular weight excluding hydrogens is 187 g/mol. The van der Waals surface area contributed by atoms with Gasteiger partial charge >= 0.3 is 5.97 Å². The summed E-state index contributed by atoms with van der Waals surface area (Å²) in [7, 11) is 0. The molecule has 0 fully saturated rings. The molecule has 0 radical (unpaired) electrons. The Balaban J connectivity index is 0. The summed E-state index contributed by atoms with van der Waals surface area (Å²) in [4.78, 5) is 9.94. The van der Waals surface area contributed by atoms with E-state index in [1.807, 2.05) is 13.8 Å². The molecule has 0 aromatic heterocycles. The zero-order valence-corrected chi connectivity index (χ0v) is 8.74. The van der Waals surface area contributed by atoms with Gasteiger partial charge in [-0.25, -0.2) is 9.18 Å². The molecule has 0 bridgehead atoms. The van der Waals surface area contributed by atoms with Gasteiger partial charge in [0, 0.05) is 0 Å². The van der Waals surface area contributed by atoms with Crippen LogP contribution in [-0.4, -0.2) is 29.0 Å². The van der Waals surface area contributed by atoms with Crippen LogP contribution in [0.2, 0.25) is 0 Å². The van der Waals surface area contributed by atoms with Gasteiger partial charge in [0.15, 0.2) is 6.17 Å². The number of halogens is 1. The van der Waals surface area contributed by atoms with Gasteiger partial charge < -0.3 is 10.2 Å². The van der Waals surface area contributed by atoms with Crippen LogP contribution in [0.1, 0.15) is 26.7 Å². The van der Waals surface area contributed by atoms with E-state index in [1.54, 1.807) is 0 Å². The molecule has 4 heteroatoms. The molecule has 1 atom stereocenters. The SMILES string of the molecule is C=CCO.CC(C)CCC(F)C(=O)O. The van der Waals surface area contributed by atoms with Crippen LogP contribution in [0.3, 0.4) is 0 Å². The molecule has 0 aliphatic heterocycles. The summed E-state index contributed by atoms with van der Waals surface area (Å²) in [5.74, 6) is -0.974. The standard InChI is InChI=1S/C7H13FO2.C3H6O/c1-5(2)3-4-6(8)7(9)10;1-2-3-4/h5-6H,3-4H2,1-2H3,(H,9,10);2,4H,1,3H2. The lowest BCUT2D eigenvalue weighted by Gasteiger charge is -2.04. The van der Waals surface area contributed by atoms with E-state index in [2.05, 4.69) is 6.58 Å². The summed E-state index contributed by atoms with van der Waals surface area (Å²) >= 11 is 0. The van der Waals surface area contributed by atoms with Gasteiger partial charge in [0.25, 0.3) is 0 Å². The number of alkyl halides is 1. The van der Waals surface area contributed by atoms with Crippen LogP contribution in [-0.2, 0) is 4.79 Å². The lowest BCUT2D eigenvalue weighted by Crippen LogP contribution is -2.14. The van der Waals surface area contributed by atoms with Crippen LogP contribution < -0.4 is 0 Å². The Morgan fingerprint density at radius 3 is 2.14 bits per heavy atom. The highest BCUT2D eigenvalue weighted by atomic mass is 19.1. The maximum absolute atomic E-state index is 12.3. The summed E-state index contributed by atoms with van der Waals surface area (Å²) in [5.41, 5.74) is 0. The fourth-order valence-electron chi connectivity index (χ4n) is 0.603. The zero-order valence-electron chi connectivity index (χ0n) is 8.74. The summed E-state index contributed by atoms with van der Waals surface area (Å²) in [5, 5.41) is 15.9. The summed E-state index contributed by atoms with van der Waals surface area (Å²) < 4.78 is 12.3. The molecule has 0 rings (SSSR count). The van der Waals surface area contributed by atoms with Gasteiger partial charge in [-0.15, -0.1) is 6.58 Å². The Morgan fingerprint density at radius 1 is 1.50 bits per heavy atom. The second-order valence-electron chi connectivity index (χ2n) is 3.25. The molecule has 0 aliphatic carbocycles. The molecule has 0 aromatic rings. The van der Waals surface area contributed by atoms with Crippen molar-refractivity contribution >= 4 is 5.97 Å². The number of rotatable bonds is 5. The molecule has 0 aliphatic rings. The number of hydrogen-bond acceptors (Lipinski definition) is 2. The van der Waals surface area contributed by atoms with E-state index in [0.717, 1.165) is 0 Å². The number of aliphatic carboxylic acids is 1. The van der Waals surface area contributed by atoms with Crippen molar-refractivity contribution in [3.63, 3.8) is 0 Å². The van der Waals surface area contributed by atoms with Gasteiger partial charge in [0.05, 0.1) is 6.61 Å². The Morgan fingerprint density at radius 2 is 1.93 bits per heavy atom. The van der Waals surface area contributed by atoms with Crippen LogP contribution in [0.5, 0.6) is 0 Å². The molecule has 0 aromatic carbocycles. The maximum atomic E-state index is 12.3. The highest BCUT2D eigenvalue weighted by Crippen LogP contribution is 2.08. The van der Waals surface area contributed by atoms with Gasteiger partial charge in [-0.3, -0.25) is 0 Å². The predicted octanol–water partition coefficient (Wildman–Crippen LogP) is 2.01. The minimum atomic E-state index is -1.68. The number of aliphatic hydroxyl groups is 1. The fourth-order valence-corrected chi connectivity index (χ4v) is 0.603. The second kappa shape index (κ2) is 10.2. The average molecular weight is 206 g/mol. The first kappa shape index (κ1) is 15.6. The molecule has 2 N–H and O–H groups in total. The molecule has 1 unspecified atom stereocenters. The number of carbonyl (C=O) groups is 1. The number of hydrogen-bond donors (Lipinski definition) is 2. The van der Waals surface area contributed by atoms with Crippen molar-refractivity contribution in [1.29, 1.82) is 0 Å². The number of aliphatic hydroxyl groups excluding tert-OH is 1. The van der Waals surface area contributed by atoms with Gasteiger partial charge in [-0.2, -0.15) is 0 Å². The zero-order chi connectivity index (χ0) is 11.6. The third kappa shape index (κ3) is 13.7. The van der Waals surface area contributed by atoms with Crippen LogP contribution >= 0.6 is 0 Å². The fraction of sp³-hybridized carbons (Fsp3) is 0.700. The maximum Gasteiger partial charge on any atom is 0.338 e. The van der Waals surface area contributed by atoms with Crippen LogP contribution in [0.4, 0.5) is 4.39 Å². The quantitative estimate of drug-likeness (QED) is 0.676. The minimum absolute atomic E-state index is 0.0833. The second-order valence-corrected chi connectivity index (χ2v) is 3.25. The number of carboxylic acid groups (broad SMARTS) is 1. The Hall–Kier alpha value is -0.900. The lowest BCUT2D eigenvalue weighted by molar-refractivity contribution is -0.143. The van der Waals surface area contributed by atoms with E-state index in [-0.39, 0.29) is 13.0 Å². The van der Waals surface area contributed by atoms with Crippen molar-refractivity contribution in [1.82, 2.24) is 0 Å². The average Bonchev–Trinajstić information content (AvgIpc) is 2.14. The summed E-state index contributed by atoms with van der Waals surface area (Å²) in [6.07, 6.45) is 0.517. The van der Waals surface area contributed by atoms with Crippen LogP contribution in [0, 0.1) is 5.92 Å². The van der Waals surface area contributed by atoms with Crippen molar-refractivity contribution in [2.24, 2.45) is 5.92 Å². The van der Waals surface area contributed by atoms with E-state index < -0.39 is 12.1 Å². The summed E-state index contributed by atoms with van der Waals surface area (Å²) in [6, 6.07) is 0. The molecule has 0 saturated carbocycles. The van der Waals surface area contributed by atoms with Crippen LogP contribution in [0.25, 0.3) is 0 Å². The van der Waals surface area contributed by atoms with Crippen LogP contribution in [0.15, 0.2) is 12.7 Å². The van der Waals surface area contributed by atoms with Crippen molar-refractivity contribution in [2.45, 2.75) is 32.9 Å². The Kier molecular flexibility index (Phi) is 11.3. The van der Waals surface area contributed by atoms with E-state index in [0.29, 0.717) is 12.3 Å². The highest BCUT2D eigenvalue weighted by Gasteiger charge is 2.14. The largest absolute Gasteiger partial charge is 0.479 e. The van der Waals surface area contributed by atoms with Crippen molar-refractivity contribution in [3.8, 4) is 0 Å². The molecule has 0 spiro atoms. The van der Waals surface area contributed by atoms with Gasteiger partial charge in [-0.1, -0.05) is 19.9 Å². The first-order valence-corrected chi connectivity index (χ1v) is 4.54. The predicted molar refractivity (Wildman–Crippen MR) is 53.9 cm³/mol. The van der Waals surface area contributed by atoms with Gasteiger partial charge in [0.1, 0.15) is 0 Å². The third-order valence-electron chi connectivity index (χ3n) is 1.39. The molecule has 0 heterocycles. The van der Waals surface area contributed by atoms with Crippen molar-refractivity contribution in [3.05, 3.63) is 12.7 Å². The third-order valence-corrected chi connectivity index (χ3v) is 1.39. The van der Waals surface area contributed by atoms with E-state index in [9.17, 15) is 9.18 Å². The first-order chi connectivity index (χ1) is 6.45. The van der Waals surface area contributed by atoms with Gasteiger partial charge in [0.2, 0.25) is 0 Å². The Bertz CT molecular complexity index is 157. The summed E-state index contributed by atoms with van der Waals surface area (Å²) in [6.45, 7) is 7.19. The molecule has 14 heavy (non-hydrogen) atoms. The van der Waals surface area contributed by atoms with E-state index in [4.69, 9.17) is 10.2 Å². The molecule has 0 amide bonds. The molecule has 84 valence electrons. The van der Waals surface area contributed by atoms with Crippen molar-refractivity contribution < 1.29 is 19.4 Å². The number of carboxylic acids is 1. The van der Waals surface area contributed by atoms with Gasteiger partial charge in [-0.05, 0) is 18.8 Å². The first-order valence-electron chi connectivity index (χ1n) is 4.54. The van der Waals surface area contributed by atoms with Crippen molar-refractivity contribution in [2.75, 3.05) is 6.61 Å². The van der Waals surface area contributed by atoms with E-state index in [1.165, 1.54) is 6.08 Å². The molecule has 3 nitrogen and oxygen atoms in total. The minimum Gasteiger partial charge on any atom is -0.479 e. The van der Waals surface area contributed by atoms with E-state index >= 15 is 0 Å². The normalized spacial score (nSPS) is 11.5. The smallest absolute Gasteiger partial charge is 0.338 e.